The van der Waals surface area contributed by atoms with Gasteiger partial charge < -0.3 is 4.90 Å². The lowest BCUT2D eigenvalue weighted by Gasteiger charge is -2.35. The first-order valence-corrected chi connectivity index (χ1v) is 11.2. The van der Waals surface area contributed by atoms with Gasteiger partial charge in [0.05, 0.1) is 10.8 Å². The van der Waals surface area contributed by atoms with Crippen LogP contribution in [-0.2, 0) is 17.5 Å². The van der Waals surface area contributed by atoms with Crippen molar-refractivity contribution < 1.29 is 18.0 Å². The molecule has 1 amide bonds. The summed E-state index contributed by atoms with van der Waals surface area (Å²) in [7, 11) is 0. The molecule has 1 aromatic heterocycles. The van der Waals surface area contributed by atoms with E-state index in [0.717, 1.165) is 31.4 Å². The number of piperazine rings is 1. The third-order valence-electron chi connectivity index (χ3n) is 5.39. The summed E-state index contributed by atoms with van der Waals surface area (Å²) in [6.07, 6.45) is -4.65. The van der Waals surface area contributed by atoms with Gasteiger partial charge in [0.25, 0.3) is 0 Å². The second-order valence-corrected chi connectivity index (χ2v) is 9.04. The molecule has 5 nitrogen and oxygen atoms in total. The Morgan fingerprint density at radius 2 is 1.66 bits per heavy atom. The Morgan fingerprint density at radius 1 is 1.00 bits per heavy atom. The fourth-order valence-corrected chi connectivity index (χ4v) is 4.73. The molecule has 2 heterocycles. The topological polar surface area (TPSA) is 49.3 Å². The van der Waals surface area contributed by atoms with Gasteiger partial charge in [-0.3, -0.25) is 9.69 Å². The van der Waals surface area contributed by atoms with Gasteiger partial charge in [0, 0.05) is 38.1 Å². The Kier molecular flexibility index (Phi) is 6.66. The fourth-order valence-electron chi connectivity index (χ4n) is 3.71. The summed E-state index contributed by atoms with van der Waals surface area (Å²) < 4.78 is 39.8. The smallest absolute Gasteiger partial charge is 0.339 e. The van der Waals surface area contributed by atoms with Gasteiger partial charge in [-0.15, -0.1) is 0 Å². The number of thioether (sulfide) groups is 1. The van der Waals surface area contributed by atoms with E-state index < -0.39 is 17.3 Å². The zero-order chi connectivity index (χ0) is 22.7. The summed E-state index contributed by atoms with van der Waals surface area (Å²) in [5.41, 5.74) is 1.44. The van der Waals surface area contributed by atoms with Crippen LogP contribution in [0.15, 0.2) is 59.6 Å². The molecule has 1 atom stereocenters. The first-order valence-electron chi connectivity index (χ1n) is 10.4. The van der Waals surface area contributed by atoms with Crippen molar-refractivity contribution in [1.82, 2.24) is 19.8 Å². The maximum absolute atomic E-state index is 13.3. The lowest BCUT2D eigenvalue weighted by molar-refractivity contribution is -0.145. The summed E-state index contributed by atoms with van der Waals surface area (Å²) in [6.45, 7) is 5.25. The largest absolute Gasteiger partial charge is 0.451 e. The predicted molar refractivity (Wildman–Crippen MR) is 118 cm³/mol. The highest BCUT2D eigenvalue weighted by molar-refractivity contribution is 8.00. The first kappa shape index (κ1) is 22.5. The fraction of sp³-hybridized carbons (Fsp3) is 0.348. The average Bonchev–Trinajstić information content (AvgIpc) is 2.79. The van der Waals surface area contributed by atoms with Gasteiger partial charge in [-0.1, -0.05) is 60.3 Å². The molecule has 0 aliphatic carbocycles. The number of para-hydroxylation sites is 1. The van der Waals surface area contributed by atoms with E-state index in [0.29, 0.717) is 18.5 Å². The Labute approximate surface area is 188 Å². The Balaban J connectivity index is 1.42. The number of aromatic nitrogens is 2. The van der Waals surface area contributed by atoms with E-state index in [9.17, 15) is 18.0 Å². The van der Waals surface area contributed by atoms with Crippen LogP contribution >= 0.6 is 11.8 Å². The monoisotopic (exact) mass is 460 g/mol. The van der Waals surface area contributed by atoms with Crippen LogP contribution < -0.4 is 0 Å². The number of rotatable bonds is 5. The Bertz CT molecular complexity index is 1090. The first-order chi connectivity index (χ1) is 15.3. The van der Waals surface area contributed by atoms with Crippen molar-refractivity contribution in [2.24, 2.45) is 0 Å². The molecule has 2 aromatic carbocycles. The van der Waals surface area contributed by atoms with Crippen molar-refractivity contribution in [2.75, 3.05) is 26.2 Å². The van der Waals surface area contributed by atoms with E-state index in [2.05, 4.69) is 27.0 Å². The standard InChI is InChI=1S/C23H23F3N4OS/c1-16(21(31)30-13-11-29(12-14-30)15-17-7-3-2-4-8-17)32-20-18-9-5-6-10-19(18)27-22(28-20)23(24,25)26/h2-10,16H,11-15H2,1H3/t16-/m1/s1. The van der Waals surface area contributed by atoms with Crippen LogP contribution in [0.4, 0.5) is 13.2 Å². The highest BCUT2D eigenvalue weighted by atomic mass is 32.2. The van der Waals surface area contributed by atoms with E-state index >= 15 is 0 Å². The number of hydrogen-bond donors (Lipinski definition) is 0. The molecule has 0 N–H and O–H groups in total. The van der Waals surface area contributed by atoms with Crippen LogP contribution in [0.2, 0.25) is 0 Å². The lowest BCUT2D eigenvalue weighted by atomic mass is 10.2. The summed E-state index contributed by atoms with van der Waals surface area (Å²) in [5.74, 6) is -1.28. The van der Waals surface area contributed by atoms with Crippen molar-refractivity contribution in [2.45, 2.75) is 29.9 Å². The third kappa shape index (κ3) is 5.21. The van der Waals surface area contributed by atoms with Gasteiger partial charge in [-0.25, -0.2) is 9.97 Å². The number of halogens is 3. The second kappa shape index (κ2) is 9.46. The van der Waals surface area contributed by atoms with Crippen LogP contribution in [0.1, 0.15) is 18.3 Å². The summed E-state index contributed by atoms with van der Waals surface area (Å²) in [4.78, 5) is 24.5. The van der Waals surface area contributed by atoms with Crippen molar-refractivity contribution in [3.8, 4) is 0 Å². The molecule has 32 heavy (non-hydrogen) atoms. The van der Waals surface area contributed by atoms with Crippen LogP contribution in [0.3, 0.4) is 0 Å². The molecule has 1 fully saturated rings. The number of alkyl halides is 3. The molecule has 0 spiro atoms. The molecule has 1 aliphatic heterocycles. The molecular weight excluding hydrogens is 437 g/mol. The maximum Gasteiger partial charge on any atom is 0.451 e. The molecule has 0 saturated carbocycles. The number of fused-ring (bicyclic) bond motifs is 1. The van der Waals surface area contributed by atoms with Crippen LogP contribution in [-0.4, -0.2) is 57.1 Å². The van der Waals surface area contributed by atoms with Gasteiger partial charge in [-0.2, -0.15) is 13.2 Å². The molecule has 0 unspecified atom stereocenters. The molecule has 1 saturated heterocycles. The number of amides is 1. The SMILES string of the molecule is C[C@@H](Sc1nc(C(F)(F)F)nc2ccccc12)C(=O)N1CCN(Cc2ccccc2)CC1. The molecular formula is C23H23F3N4OS. The minimum Gasteiger partial charge on any atom is -0.339 e. The summed E-state index contributed by atoms with van der Waals surface area (Å²) in [5, 5.41) is 0.124. The quantitative estimate of drug-likeness (QED) is 0.415. The molecule has 168 valence electrons. The maximum atomic E-state index is 13.3. The molecule has 0 radical (unpaired) electrons. The van der Waals surface area contributed by atoms with Crippen molar-refractivity contribution >= 4 is 28.6 Å². The van der Waals surface area contributed by atoms with Gasteiger partial charge in [0.2, 0.25) is 11.7 Å². The van der Waals surface area contributed by atoms with Gasteiger partial charge >= 0.3 is 6.18 Å². The Morgan fingerprint density at radius 3 is 2.34 bits per heavy atom. The number of carbonyl (C=O) groups is 1. The van der Waals surface area contributed by atoms with Crippen LogP contribution in [0.25, 0.3) is 10.9 Å². The van der Waals surface area contributed by atoms with E-state index in [4.69, 9.17) is 0 Å². The van der Waals surface area contributed by atoms with Gasteiger partial charge in [-0.05, 0) is 18.6 Å². The number of carbonyl (C=O) groups excluding carboxylic acids is 1. The zero-order valence-corrected chi connectivity index (χ0v) is 18.4. The normalized spacial score (nSPS) is 16.3. The molecule has 9 heteroatoms. The van der Waals surface area contributed by atoms with Crippen molar-refractivity contribution in [3.63, 3.8) is 0 Å². The number of hydrogen-bond acceptors (Lipinski definition) is 5. The van der Waals surface area contributed by atoms with E-state index in [1.165, 1.54) is 11.6 Å². The van der Waals surface area contributed by atoms with E-state index in [1.54, 1.807) is 30.0 Å². The molecule has 4 rings (SSSR count). The summed E-state index contributed by atoms with van der Waals surface area (Å²) in [6, 6.07) is 16.7. The van der Waals surface area contributed by atoms with Gasteiger partial charge in [0.1, 0.15) is 5.03 Å². The lowest BCUT2D eigenvalue weighted by Crippen LogP contribution is -2.50. The Hall–Kier alpha value is -2.65. The van der Waals surface area contributed by atoms with E-state index in [1.807, 2.05) is 18.2 Å². The predicted octanol–water partition coefficient (Wildman–Crippen LogP) is 4.47. The number of benzene rings is 2. The molecule has 3 aromatic rings. The molecule has 1 aliphatic rings. The van der Waals surface area contributed by atoms with Gasteiger partial charge in [0.15, 0.2) is 0 Å². The van der Waals surface area contributed by atoms with Crippen molar-refractivity contribution in [1.29, 1.82) is 0 Å². The van der Waals surface area contributed by atoms with E-state index in [-0.39, 0.29) is 16.4 Å². The summed E-state index contributed by atoms with van der Waals surface area (Å²) >= 11 is 1.05. The minimum atomic E-state index is -4.65. The third-order valence-corrected chi connectivity index (χ3v) is 6.48. The van der Waals surface area contributed by atoms with Crippen molar-refractivity contribution in [3.05, 3.63) is 66.0 Å². The minimum absolute atomic E-state index is 0.0920. The number of nitrogens with zero attached hydrogens (tertiary/aromatic N) is 4. The van der Waals surface area contributed by atoms with Crippen LogP contribution in [0.5, 0.6) is 0 Å². The zero-order valence-electron chi connectivity index (χ0n) is 17.5. The van der Waals surface area contributed by atoms with Crippen LogP contribution in [0, 0.1) is 0 Å². The highest BCUT2D eigenvalue weighted by Crippen LogP contribution is 2.34. The average molecular weight is 461 g/mol. The molecule has 0 bridgehead atoms. The second-order valence-electron chi connectivity index (χ2n) is 7.71. The highest BCUT2D eigenvalue weighted by Gasteiger charge is 2.36.